The molecule has 3 fully saturated rings. The van der Waals surface area contributed by atoms with E-state index in [0.29, 0.717) is 58.3 Å². The molecule has 6 heterocycles. The van der Waals surface area contributed by atoms with Gasteiger partial charge in [-0.3, -0.25) is 29.4 Å². The first-order chi connectivity index (χ1) is 25.7. The number of fused-ring (bicyclic) bond motifs is 1. The van der Waals surface area contributed by atoms with Gasteiger partial charge in [-0.2, -0.15) is 5.10 Å². The lowest BCUT2D eigenvalue weighted by Crippen LogP contribution is -2.53. The molecule has 3 aliphatic rings. The Morgan fingerprint density at radius 1 is 0.981 bits per heavy atom. The molecule has 0 radical (unpaired) electrons. The SMILES string of the molecule is Cc1nn(C)cc1-c1nc2ncc(Cl)c(Oc3ccc(CN4CCN(CC5CCN(c6ccc([C@H]7CCC(=O)NC7=O)cc6)CC5)[C@H](C)C4)cc3)c2[nH]1. The van der Waals surface area contributed by atoms with Crippen LogP contribution in [0.25, 0.3) is 22.6 Å². The number of halogens is 1. The summed E-state index contributed by atoms with van der Waals surface area (Å²) in [7, 11) is 1.89. The molecule has 0 spiro atoms. The molecule has 2 atom stereocenters. The van der Waals surface area contributed by atoms with E-state index >= 15 is 0 Å². The Labute approximate surface area is 314 Å². The Kier molecular flexibility index (Phi) is 9.93. The van der Waals surface area contributed by atoms with E-state index in [9.17, 15) is 9.59 Å². The lowest BCUT2D eigenvalue weighted by Gasteiger charge is -2.43. The summed E-state index contributed by atoms with van der Waals surface area (Å²) in [5.41, 5.74) is 6.41. The monoisotopic (exact) mass is 735 g/mol. The number of aryl methyl sites for hydroxylation is 2. The third-order valence-electron chi connectivity index (χ3n) is 11.1. The minimum absolute atomic E-state index is 0.173. The van der Waals surface area contributed by atoms with E-state index in [1.807, 2.05) is 32.3 Å². The number of hydrogen-bond donors (Lipinski definition) is 2. The van der Waals surface area contributed by atoms with Gasteiger partial charge < -0.3 is 14.6 Å². The Morgan fingerprint density at radius 2 is 1.75 bits per heavy atom. The van der Waals surface area contributed by atoms with Gasteiger partial charge in [-0.05, 0) is 74.4 Å². The van der Waals surface area contributed by atoms with Gasteiger partial charge in [-0.1, -0.05) is 35.9 Å². The second kappa shape index (κ2) is 14.9. The Balaban J connectivity index is 0.810. The Bertz CT molecular complexity index is 2100. The van der Waals surface area contributed by atoms with Crippen molar-refractivity contribution < 1.29 is 14.3 Å². The van der Waals surface area contributed by atoms with Crippen LogP contribution < -0.4 is 15.0 Å². The zero-order valence-electron chi connectivity index (χ0n) is 30.5. The first-order valence-corrected chi connectivity index (χ1v) is 19.0. The summed E-state index contributed by atoms with van der Waals surface area (Å²) >= 11 is 6.57. The summed E-state index contributed by atoms with van der Waals surface area (Å²) in [5.74, 6) is 1.98. The summed E-state index contributed by atoms with van der Waals surface area (Å²) in [4.78, 5) is 43.9. The fraction of sp³-hybridized carbons (Fsp3) is 0.425. The Morgan fingerprint density at radius 3 is 2.45 bits per heavy atom. The van der Waals surface area contributed by atoms with Crippen LogP contribution in [0.5, 0.6) is 11.5 Å². The van der Waals surface area contributed by atoms with Crippen molar-refractivity contribution in [2.75, 3.05) is 44.2 Å². The molecular formula is C40H46ClN9O3. The lowest BCUT2D eigenvalue weighted by molar-refractivity contribution is -0.134. The molecule has 2 aromatic carbocycles. The third-order valence-corrected chi connectivity index (χ3v) is 11.4. The number of carbonyl (C=O) groups excluding carboxylic acids is 2. The minimum atomic E-state index is -0.235. The molecule has 8 rings (SSSR count). The number of aromatic amines is 1. The van der Waals surface area contributed by atoms with Crippen LogP contribution in [-0.4, -0.2) is 91.7 Å². The van der Waals surface area contributed by atoms with Crippen molar-refractivity contribution in [1.82, 2.24) is 39.8 Å². The fourth-order valence-corrected chi connectivity index (χ4v) is 8.31. The first-order valence-electron chi connectivity index (χ1n) is 18.6. The molecule has 2 amide bonds. The highest BCUT2D eigenvalue weighted by molar-refractivity contribution is 6.32. The van der Waals surface area contributed by atoms with Gasteiger partial charge in [0, 0.05) is 77.2 Å². The first kappa shape index (κ1) is 35.3. The number of aromatic nitrogens is 5. The number of rotatable bonds is 9. The number of ether oxygens (including phenoxy) is 1. The molecule has 13 heteroatoms. The molecule has 3 aromatic heterocycles. The van der Waals surface area contributed by atoms with Gasteiger partial charge in [-0.25, -0.2) is 9.97 Å². The quantitative estimate of drug-likeness (QED) is 0.174. The number of carbonyl (C=O) groups is 2. The molecule has 3 aliphatic heterocycles. The van der Waals surface area contributed by atoms with Gasteiger partial charge in [-0.15, -0.1) is 0 Å². The number of nitrogens with zero attached hydrogens (tertiary/aromatic N) is 7. The summed E-state index contributed by atoms with van der Waals surface area (Å²) < 4.78 is 8.08. The molecule has 0 saturated carbocycles. The topological polar surface area (TPSA) is 125 Å². The van der Waals surface area contributed by atoms with Gasteiger partial charge >= 0.3 is 0 Å². The van der Waals surface area contributed by atoms with Crippen LogP contribution in [0.15, 0.2) is 60.9 Å². The van der Waals surface area contributed by atoms with E-state index in [1.165, 1.54) is 24.1 Å². The molecule has 0 aliphatic carbocycles. The van der Waals surface area contributed by atoms with Crippen molar-refractivity contribution in [3.05, 3.63) is 82.8 Å². The van der Waals surface area contributed by atoms with Crippen molar-refractivity contribution in [1.29, 1.82) is 0 Å². The molecule has 12 nitrogen and oxygen atoms in total. The van der Waals surface area contributed by atoms with Crippen LogP contribution in [0.4, 0.5) is 5.69 Å². The second-order valence-electron chi connectivity index (χ2n) is 14.9. The smallest absolute Gasteiger partial charge is 0.234 e. The van der Waals surface area contributed by atoms with E-state index in [0.717, 1.165) is 62.6 Å². The minimum Gasteiger partial charge on any atom is -0.453 e. The molecule has 0 bridgehead atoms. The standard InChI is InChI=1S/C40H46ClN9O3/c1-25-21-48(18-19-50(25)23-28-14-16-49(17-15-28)30-8-6-29(7-9-30)32-12-13-35(51)43-40(32)52)22-27-4-10-31(11-5-27)53-37-34(41)20-42-39-36(37)44-38(45-39)33-24-47(3)46-26(33)2/h4-11,20,24-25,28,32H,12-19,21-23H2,1-3H3,(H,42,44,45)(H,43,51,52)/t25-,32-/m1/s1. The van der Waals surface area contributed by atoms with Crippen LogP contribution in [0.2, 0.25) is 5.02 Å². The number of imide groups is 1. The van der Waals surface area contributed by atoms with Crippen LogP contribution in [-0.2, 0) is 23.2 Å². The molecule has 5 aromatic rings. The average Bonchev–Trinajstić information content (AvgIpc) is 3.74. The van der Waals surface area contributed by atoms with Crippen LogP contribution in [0, 0.1) is 12.8 Å². The number of pyridine rings is 1. The van der Waals surface area contributed by atoms with E-state index in [2.05, 4.69) is 83.4 Å². The normalized spacial score (nSPS) is 20.6. The van der Waals surface area contributed by atoms with Crippen molar-refractivity contribution in [3.63, 3.8) is 0 Å². The van der Waals surface area contributed by atoms with Gasteiger partial charge in [0.2, 0.25) is 11.8 Å². The number of nitrogens with one attached hydrogen (secondary N) is 2. The highest BCUT2D eigenvalue weighted by Gasteiger charge is 2.30. The average molecular weight is 736 g/mol. The van der Waals surface area contributed by atoms with Crippen molar-refractivity contribution >= 4 is 40.3 Å². The number of hydrogen-bond acceptors (Lipinski definition) is 9. The molecule has 3 saturated heterocycles. The molecule has 2 N–H and O–H groups in total. The number of H-pyrrole nitrogens is 1. The van der Waals surface area contributed by atoms with Crippen molar-refractivity contribution in [2.24, 2.45) is 13.0 Å². The molecule has 0 unspecified atom stereocenters. The predicted octanol–water partition coefficient (Wildman–Crippen LogP) is 6.06. The van der Waals surface area contributed by atoms with Gasteiger partial charge in [0.15, 0.2) is 11.4 Å². The number of piperazine rings is 1. The Hall–Kier alpha value is -4.78. The zero-order valence-corrected chi connectivity index (χ0v) is 31.3. The maximum atomic E-state index is 12.3. The lowest BCUT2D eigenvalue weighted by atomic mass is 9.90. The van der Waals surface area contributed by atoms with Crippen LogP contribution in [0.1, 0.15) is 55.3 Å². The molecule has 276 valence electrons. The summed E-state index contributed by atoms with van der Waals surface area (Å²) in [6, 6.07) is 17.1. The second-order valence-corrected chi connectivity index (χ2v) is 15.3. The number of piperidine rings is 2. The van der Waals surface area contributed by atoms with Gasteiger partial charge in [0.1, 0.15) is 22.1 Å². The number of amides is 2. The van der Waals surface area contributed by atoms with Crippen molar-refractivity contribution in [3.8, 4) is 22.9 Å². The van der Waals surface area contributed by atoms with Gasteiger partial charge in [0.25, 0.3) is 0 Å². The van der Waals surface area contributed by atoms with Gasteiger partial charge in [0.05, 0.1) is 23.4 Å². The van der Waals surface area contributed by atoms with E-state index in [4.69, 9.17) is 16.3 Å². The molecular weight excluding hydrogens is 690 g/mol. The predicted molar refractivity (Wildman–Crippen MR) is 205 cm³/mol. The maximum absolute atomic E-state index is 12.3. The fourth-order valence-electron chi connectivity index (χ4n) is 8.13. The highest BCUT2D eigenvalue weighted by Crippen LogP contribution is 2.36. The number of benzene rings is 2. The number of anilines is 1. The zero-order chi connectivity index (χ0) is 36.6. The van der Waals surface area contributed by atoms with Crippen molar-refractivity contribution in [2.45, 2.75) is 58.0 Å². The maximum Gasteiger partial charge on any atom is 0.234 e. The third kappa shape index (κ3) is 7.67. The summed E-state index contributed by atoms with van der Waals surface area (Å²) in [6.45, 7) is 11.6. The van der Waals surface area contributed by atoms with E-state index in [1.54, 1.807) is 10.9 Å². The number of imidazole rings is 1. The van der Waals surface area contributed by atoms with E-state index < -0.39 is 0 Å². The summed E-state index contributed by atoms with van der Waals surface area (Å²) in [5, 5.41) is 7.32. The largest absolute Gasteiger partial charge is 0.453 e. The van der Waals surface area contributed by atoms with E-state index in [-0.39, 0.29) is 17.7 Å². The highest BCUT2D eigenvalue weighted by atomic mass is 35.5. The van der Waals surface area contributed by atoms with Crippen LogP contribution in [0.3, 0.4) is 0 Å². The molecule has 53 heavy (non-hydrogen) atoms. The summed E-state index contributed by atoms with van der Waals surface area (Å²) in [6.07, 6.45) is 6.85. The van der Waals surface area contributed by atoms with Crippen LogP contribution >= 0.6 is 11.6 Å².